The number of carboxylic acids is 1. The van der Waals surface area contributed by atoms with Crippen LogP contribution in [-0.2, 0) is 0 Å². The van der Waals surface area contributed by atoms with Crippen molar-refractivity contribution in [3.05, 3.63) is 77.8 Å². The minimum Gasteiger partial charge on any atom is -0.477 e. The zero-order valence-electron chi connectivity index (χ0n) is 12.6. The molecular weight excluding hydrogens is 318 g/mol. The molecule has 0 aliphatic heterocycles. The van der Waals surface area contributed by atoms with Crippen molar-refractivity contribution in [3.63, 3.8) is 0 Å². The van der Waals surface area contributed by atoms with E-state index in [1.807, 2.05) is 24.3 Å². The van der Waals surface area contributed by atoms with Crippen LogP contribution in [0.25, 0.3) is 32.5 Å². The molecule has 0 bridgehead atoms. The van der Waals surface area contributed by atoms with Gasteiger partial charge < -0.3 is 5.11 Å². The first kappa shape index (κ1) is 14.6. The molecule has 2 aromatic carbocycles. The summed E-state index contributed by atoms with van der Waals surface area (Å²) in [7, 11) is 0. The minimum absolute atomic E-state index is 0.314. The number of fused-ring (bicyclic) bond motifs is 1. The highest BCUT2D eigenvalue weighted by Crippen LogP contribution is 2.29. The van der Waals surface area contributed by atoms with Gasteiger partial charge in [-0.05, 0) is 28.8 Å². The maximum absolute atomic E-state index is 11.1. The van der Waals surface area contributed by atoms with Crippen LogP contribution in [0.4, 0.5) is 0 Å². The van der Waals surface area contributed by atoms with Gasteiger partial charge in [-0.25, -0.2) is 9.78 Å². The van der Waals surface area contributed by atoms with Crippen molar-refractivity contribution in [2.75, 3.05) is 0 Å². The second-order valence-electron chi connectivity index (χ2n) is 5.48. The van der Waals surface area contributed by atoms with Crippen molar-refractivity contribution in [1.82, 2.24) is 4.98 Å². The smallest absolute Gasteiger partial charge is 0.345 e. The lowest BCUT2D eigenvalue weighted by molar-refractivity contribution is 0.0702. The second kappa shape index (κ2) is 5.91. The van der Waals surface area contributed by atoms with Crippen LogP contribution in [0, 0.1) is 0 Å². The highest BCUT2D eigenvalue weighted by Gasteiger charge is 2.10. The van der Waals surface area contributed by atoms with Crippen LogP contribution in [-0.4, -0.2) is 16.1 Å². The van der Waals surface area contributed by atoms with E-state index in [0.717, 1.165) is 26.9 Å². The second-order valence-corrected chi connectivity index (χ2v) is 6.51. The molecule has 4 aromatic rings. The fourth-order valence-electron chi connectivity index (χ4n) is 2.68. The molecule has 4 rings (SSSR count). The van der Waals surface area contributed by atoms with Crippen LogP contribution in [0.5, 0.6) is 0 Å². The average molecular weight is 331 g/mol. The van der Waals surface area contributed by atoms with E-state index in [1.165, 1.54) is 16.9 Å². The number of hydrogen-bond donors (Lipinski definition) is 1. The van der Waals surface area contributed by atoms with E-state index in [9.17, 15) is 4.79 Å². The Bertz CT molecular complexity index is 1020. The molecule has 116 valence electrons. The summed E-state index contributed by atoms with van der Waals surface area (Å²) in [5, 5.41) is 9.96. The van der Waals surface area contributed by atoms with Gasteiger partial charge >= 0.3 is 5.97 Å². The molecule has 0 atom stereocenters. The Labute approximate surface area is 142 Å². The van der Waals surface area contributed by atoms with Crippen molar-refractivity contribution in [3.8, 4) is 22.3 Å². The average Bonchev–Trinajstić information content (AvgIpc) is 3.06. The Morgan fingerprint density at radius 3 is 2.12 bits per heavy atom. The Morgan fingerprint density at radius 1 is 0.833 bits per heavy atom. The number of aromatic nitrogens is 1. The maximum Gasteiger partial charge on any atom is 0.345 e. The van der Waals surface area contributed by atoms with Crippen molar-refractivity contribution in [1.29, 1.82) is 0 Å². The predicted octanol–water partition coefficient (Wildman–Crippen LogP) is 5.33. The highest BCUT2D eigenvalue weighted by molar-refractivity contribution is 7.20. The molecule has 0 saturated carbocycles. The first-order valence-corrected chi connectivity index (χ1v) is 8.31. The molecule has 0 saturated heterocycles. The van der Waals surface area contributed by atoms with E-state index in [4.69, 9.17) is 5.11 Å². The number of rotatable bonds is 3. The first-order chi connectivity index (χ1) is 11.7. The fraction of sp³-hybridized carbons (Fsp3) is 0. The zero-order valence-corrected chi connectivity index (χ0v) is 13.5. The van der Waals surface area contributed by atoms with Crippen molar-refractivity contribution in [2.45, 2.75) is 0 Å². The Hall–Kier alpha value is -2.98. The highest BCUT2D eigenvalue weighted by atomic mass is 32.1. The largest absolute Gasteiger partial charge is 0.477 e. The van der Waals surface area contributed by atoms with Gasteiger partial charge in [0.25, 0.3) is 0 Å². The molecule has 0 aliphatic rings. The van der Waals surface area contributed by atoms with Gasteiger partial charge in [-0.3, -0.25) is 0 Å². The third kappa shape index (κ3) is 2.68. The van der Waals surface area contributed by atoms with Gasteiger partial charge in [0.1, 0.15) is 9.71 Å². The molecule has 2 aromatic heterocycles. The molecule has 2 heterocycles. The lowest BCUT2D eigenvalue weighted by Crippen LogP contribution is -1.89. The lowest BCUT2D eigenvalue weighted by atomic mass is 10.0. The number of pyridine rings is 1. The minimum atomic E-state index is -0.910. The number of benzene rings is 2. The number of carboxylic acid groups (broad SMARTS) is 1. The SMILES string of the molecule is O=C(O)c1cc2cc(-c3ccc(-c4ccccc4)cc3)cnc2s1. The first-order valence-electron chi connectivity index (χ1n) is 7.49. The molecule has 4 heteroatoms. The lowest BCUT2D eigenvalue weighted by Gasteiger charge is -2.05. The van der Waals surface area contributed by atoms with Crippen molar-refractivity contribution < 1.29 is 9.90 Å². The van der Waals surface area contributed by atoms with E-state index in [1.54, 1.807) is 12.3 Å². The van der Waals surface area contributed by atoms with Crippen LogP contribution in [0.1, 0.15) is 9.67 Å². The van der Waals surface area contributed by atoms with E-state index >= 15 is 0 Å². The van der Waals surface area contributed by atoms with Gasteiger partial charge in [0.15, 0.2) is 0 Å². The van der Waals surface area contributed by atoms with Gasteiger partial charge in [-0.1, -0.05) is 54.6 Å². The molecule has 24 heavy (non-hydrogen) atoms. The van der Waals surface area contributed by atoms with Crippen LogP contribution in [0.3, 0.4) is 0 Å². The number of thiophene rings is 1. The molecule has 0 aliphatic carbocycles. The Kier molecular flexibility index (Phi) is 3.59. The van der Waals surface area contributed by atoms with E-state index in [-0.39, 0.29) is 0 Å². The van der Waals surface area contributed by atoms with E-state index < -0.39 is 5.97 Å². The molecule has 0 radical (unpaired) electrons. The third-order valence-corrected chi connectivity index (χ3v) is 4.96. The van der Waals surface area contributed by atoms with Gasteiger partial charge in [-0.15, -0.1) is 11.3 Å². The van der Waals surface area contributed by atoms with Crippen LogP contribution in [0.2, 0.25) is 0 Å². The zero-order chi connectivity index (χ0) is 16.5. The summed E-state index contributed by atoms with van der Waals surface area (Å²) in [6.45, 7) is 0. The molecular formula is C20H13NO2S. The fourth-order valence-corrected chi connectivity index (χ4v) is 3.50. The maximum atomic E-state index is 11.1. The third-order valence-electron chi connectivity index (χ3n) is 3.91. The van der Waals surface area contributed by atoms with Crippen molar-refractivity contribution >= 4 is 27.5 Å². The summed E-state index contributed by atoms with van der Waals surface area (Å²) in [5.41, 5.74) is 4.39. The summed E-state index contributed by atoms with van der Waals surface area (Å²) in [6, 6.07) is 22.2. The molecule has 1 N–H and O–H groups in total. The quantitative estimate of drug-likeness (QED) is 0.552. The normalized spacial score (nSPS) is 10.8. The van der Waals surface area contributed by atoms with Crippen molar-refractivity contribution in [2.24, 2.45) is 0 Å². The van der Waals surface area contributed by atoms with Crippen LogP contribution < -0.4 is 0 Å². The molecule has 0 amide bonds. The summed E-state index contributed by atoms with van der Waals surface area (Å²) in [6.07, 6.45) is 1.79. The monoisotopic (exact) mass is 331 g/mol. The van der Waals surface area contributed by atoms with Crippen LogP contribution in [0.15, 0.2) is 72.9 Å². The van der Waals surface area contributed by atoms with E-state index in [2.05, 4.69) is 41.4 Å². The standard InChI is InChI=1S/C20H13NO2S/c22-20(23)18-11-16-10-17(12-21-19(16)24-18)15-8-6-14(7-9-15)13-4-2-1-3-5-13/h1-12H,(H,22,23). The molecule has 3 nitrogen and oxygen atoms in total. The Morgan fingerprint density at radius 2 is 1.46 bits per heavy atom. The predicted molar refractivity (Wildman–Crippen MR) is 97.5 cm³/mol. The number of aromatic carboxylic acids is 1. The topological polar surface area (TPSA) is 50.2 Å². The summed E-state index contributed by atoms with van der Waals surface area (Å²) in [4.78, 5) is 16.5. The van der Waals surface area contributed by atoms with Gasteiger partial charge in [-0.2, -0.15) is 0 Å². The van der Waals surface area contributed by atoms with Gasteiger partial charge in [0.2, 0.25) is 0 Å². The van der Waals surface area contributed by atoms with Gasteiger partial charge in [0, 0.05) is 17.1 Å². The Balaban J connectivity index is 1.70. The van der Waals surface area contributed by atoms with E-state index in [0.29, 0.717) is 4.88 Å². The number of carbonyl (C=O) groups is 1. The molecule has 0 spiro atoms. The number of nitrogens with zero attached hydrogens (tertiary/aromatic N) is 1. The van der Waals surface area contributed by atoms with Crippen LogP contribution >= 0.6 is 11.3 Å². The molecule has 0 fully saturated rings. The summed E-state index contributed by atoms with van der Waals surface area (Å²) in [5.74, 6) is -0.910. The summed E-state index contributed by atoms with van der Waals surface area (Å²) >= 11 is 1.20. The summed E-state index contributed by atoms with van der Waals surface area (Å²) < 4.78 is 0. The van der Waals surface area contributed by atoms with Gasteiger partial charge in [0.05, 0.1) is 0 Å². The number of hydrogen-bond acceptors (Lipinski definition) is 3. The molecule has 0 unspecified atom stereocenters.